The van der Waals surface area contributed by atoms with Crippen molar-refractivity contribution >= 4 is 10.9 Å². The second kappa shape index (κ2) is 8.30. The van der Waals surface area contributed by atoms with E-state index in [0.29, 0.717) is 34.8 Å². The first kappa shape index (κ1) is 20.6. The zero-order valence-corrected chi connectivity index (χ0v) is 18.5. The molecule has 10 heteroatoms. The molecule has 0 aliphatic heterocycles. The van der Waals surface area contributed by atoms with Crippen LogP contribution >= 0.6 is 0 Å². The molecule has 168 valence electrons. The second-order valence-electron chi connectivity index (χ2n) is 7.52. The van der Waals surface area contributed by atoms with Crippen molar-refractivity contribution in [2.75, 3.05) is 14.2 Å². The molecule has 0 unspecified atom stereocenters. The van der Waals surface area contributed by atoms with Gasteiger partial charge in [-0.1, -0.05) is 0 Å². The van der Waals surface area contributed by atoms with Gasteiger partial charge in [0.25, 0.3) is 5.88 Å². The van der Waals surface area contributed by atoms with Gasteiger partial charge < -0.3 is 19.1 Å². The summed E-state index contributed by atoms with van der Waals surface area (Å²) >= 11 is 0. The van der Waals surface area contributed by atoms with Gasteiger partial charge in [0.1, 0.15) is 5.82 Å². The van der Waals surface area contributed by atoms with Crippen molar-refractivity contribution in [2.24, 2.45) is 0 Å². The standard InChI is InChI=1S/C23H23N7O3/c1-15-24-6-7-28(15)8-9-29-13-17(12-26-29)30-14-20-18(23(30)31)4-5-19(27-20)16-10-21(32-2)22(33-3)25-11-16/h4-7,10-14,31H,8-9H2,1-3H3. The van der Waals surface area contributed by atoms with Crippen LogP contribution in [0.2, 0.25) is 0 Å². The highest BCUT2D eigenvalue weighted by molar-refractivity contribution is 5.87. The number of aromatic nitrogens is 7. The molecule has 0 spiro atoms. The molecule has 0 saturated heterocycles. The molecule has 0 amide bonds. The summed E-state index contributed by atoms with van der Waals surface area (Å²) < 4.78 is 16.1. The molecule has 0 aliphatic rings. The Morgan fingerprint density at radius 2 is 1.91 bits per heavy atom. The smallest absolute Gasteiger partial charge is 0.256 e. The van der Waals surface area contributed by atoms with Crippen molar-refractivity contribution in [3.8, 4) is 34.5 Å². The molecule has 1 N–H and O–H groups in total. The van der Waals surface area contributed by atoms with Crippen LogP contribution in [0.15, 0.2) is 55.4 Å². The van der Waals surface area contributed by atoms with Gasteiger partial charge in [-0.05, 0) is 25.1 Å². The maximum atomic E-state index is 10.8. The third-order valence-electron chi connectivity index (χ3n) is 5.56. The highest BCUT2D eigenvalue weighted by Crippen LogP contribution is 2.33. The number of rotatable bonds is 7. The van der Waals surface area contributed by atoms with Gasteiger partial charge in [0, 0.05) is 43.1 Å². The number of imidazole rings is 1. The number of aryl methyl sites for hydroxylation is 3. The van der Waals surface area contributed by atoms with Crippen LogP contribution < -0.4 is 9.47 Å². The number of methoxy groups -OCH3 is 2. The van der Waals surface area contributed by atoms with Gasteiger partial charge in [0.2, 0.25) is 5.88 Å². The molecule has 0 aromatic carbocycles. The molecule has 5 aromatic heterocycles. The molecule has 0 bridgehead atoms. The lowest BCUT2D eigenvalue weighted by atomic mass is 10.1. The normalized spacial score (nSPS) is 11.2. The lowest BCUT2D eigenvalue weighted by Crippen LogP contribution is -2.08. The summed E-state index contributed by atoms with van der Waals surface area (Å²) in [7, 11) is 3.11. The Labute approximate surface area is 189 Å². The van der Waals surface area contributed by atoms with Crippen molar-refractivity contribution in [1.29, 1.82) is 0 Å². The largest absolute Gasteiger partial charge is 0.494 e. The number of aromatic hydroxyl groups is 1. The lowest BCUT2D eigenvalue weighted by molar-refractivity contribution is 0.343. The molecule has 0 fully saturated rings. The molecule has 10 nitrogen and oxygen atoms in total. The van der Waals surface area contributed by atoms with Crippen molar-refractivity contribution in [3.63, 3.8) is 0 Å². The van der Waals surface area contributed by atoms with E-state index in [1.807, 2.05) is 42.2 Å². The monoisotopic (exact) mass is 445 g/mol. The molecule has 0 atom stereocenters. The number of pyridine rings is 2. The third-order valence-corrected chi connectivity index (χ3v) is 5.56. The van der Waals surface area contributed by atoms with E-state index in [9.17, 15) is 5.11 Å². The Balaban J connectivity index is 1.43. The fraction of sp³-hybridized carbons (Fsp3) is 0.217. The number of hydrogen-bond donors (Lipinski definition) is 1. The first-order valence-corrected chi connectivity index (χ1v) is 10.4. The summed E-state index contributed by atoms with van der Waals surface area (Å²) in [5.41, 5.74) is 2.90. The molecule has 5 heterocycles. The van der Waals surface area contributed by atoms with Gasteiger partial charge >= 0.3 is 0 Å². The van der Waals surface area contributed by atoms with Gasteiger partial charge in [-0.25, -0.2) is 15.0 Å². The molecule has 0 aliphatic carbocycles. The fourth-order valence-electron chi connectivity index (χ4n) is 3.75. The highest BCUT2D eigenvalue weighted by atomic mass is 16.5. The number of ether oxygens (including phenoxy) is 2. The average Bonchev–Trinajstić information content (AvgIpc) is 3.56. The summed E-state index contributed by atoms with van der Waals surface area (Å²) in [6.07, 6.45) is 10.8. The molecule has 0 radical (unpaired) electrons. The SMILES string of the molecule is COc1cc(-c2ccc3c(O)n(-c4cnn(CCn5ccnc5C)c4)cc3n2)cnc1OC. The van der Waals surface area contributed by atoms with Crippen LogP contribution in [-0.2, 0) is 13.1 Å². The van der Waals surface area contributed by atoms with E-state index in [1.54, 1.807) is 43.6 Å². The van der Waals surface area contributed by atoms with Crippen molar-refractivity contribution < 1.29 is 14.6 Å². The summed E-state index contributed by atoms with van der Waals surface area (Å²) in [6.45, 7) is 3.42. The van der Waals surface area contributed by atoms with Crippen LogP contribution in [0.3, 0.4) is 0 Å². The fourth-order valence-corrected chi connectivity index (χ4v) is 3.75. The molecule has 33 heavy (non-hydrogen) atoms. The molecular weight excluding hydrogens is 422 g/mol. The van der Waals surface area contributed by atoms with Crippen molar-refractivity contribution in [2.45, 2.75) is 20.0 Å². The molecular formula is C23H23N7O3. The summed E-state index contributed by atoms with van der Waals surface area (Å²) in [6, 6.07) is 5.50. The number of fused-ring (bicyclic) bond motifs is 1. The zero-order chi connectivity index (χ0) is 22.9. The van der Waals surface area contributed by atoms with Gasteiger partial charge in [0.15, 0.2) is 5.75 Å². The Hall–Kier alpha value is -4.34. The second-order valence-corrected chi connectivity index (χ2v) is 7.52. The van der Waals surface area contributed by atoms with Crippen molar-refractivity contribution in [3.05, 3.63) is 61.2 Å². The minimum absolute atomic E-state index is 0.111. The van der Waals surface area contributed by atoms with E-state index in [1.165, 1.54) is 0 Å². The van der Waals surface area contributed by atoms with Gasteiger partial charge in [-0.15, -0.1) is 0 Å². The lowest BCUT2D eigenvalue weighted by Gasteiger charge is -2.08. The minimum Gasteiger partial charge on any atom is -0.494 e. The Bertz CT molecular complexity index is 1430. The first-order valence-electron chi connectivity index (χ1n) is 10.4. The molecule has 5 aromatic rings. The van der Waals surface area contributed by atoms with Gasteiger partial charge in [-0.2, -0.15) is 5.10 Å². The van der Waals surface area contributed by atoms with Crippen LogP contribution in [0, 0.1) is 6.92 Å². The van der Waals surface area contributed by atoms with E-state index in [-0.39, 0.29) is 5.88 Å². The van der Waals surface area contributed by atoms with E-state index in [0.717, 1.165) is 23.6 Å². The number of hydrogen-bond acceptors (Lipinski definition) is 7. The summed E-state index contributed by atoms with van der Waals surface area (Å²) in [4.78, 5) is 13.2. The first-order chi connectivity index (χ1) is 16.1. The molecule has 0 saturated carbocycles. The van der Waals surface area contributed by atoms with E-state index < -0.39 is 0 Å². The van der Waals surface area contributed by atoms with E-state index in [2.05, 4.69) is 19.6 Å². The predicted molar refractivity (Wildman–Crippen MR) is 122 cm³/mol. The Kier molecular flexibility index (Phi) is 5.17. The predicted octanol–water partition coefficient (Wildman–Crippen LogP) is 3.21. The Morgan fingerprint density at radius 1 is 1.03 bits per heavy atom. The van der Waals surface area contributed by atoms with Crippen LogP contribution in [0.5, 0.6) is 17.5 Å². The van der Waals surface area contributed by atoms with Gasteiger partial charge in [0.05, 0.1) is 49.2 Å². The third kappa shape index (κ3) is 3.75. The van der Waals surface area contributed by atoms with Crippen LogP contribution in [-0.4, -0.2) is 53.2 Å². The summed E-state index contributed by atoms with van der Waals surface area (Å²) in [5, 5.41) is 15.9. The summed E-state index contributed by atoms with van der Waals surface area (Å²) in [5.74, 6) is 2.00. The van der Waals surface area contributed by atoms with Gasteiger partial charge in [-0.3, -0.25) is 9.25 Å². The quantitative estimate of drug-likeness (QED) is 0.410. The van der Waals surface area contributed by atoms with Crippen LogP contribution in [0.4, 0.5) is 0 Å². The molecule has 5 rings (SSSR count). The maximum absolute atomic E-state index is 10.8. The minimum atomic E-state index is 0.111. The van der Waals surface area contributed by atoms with E-state index in [4.69, 9.17) is 14.5 Å². The topological polar surface area (TPSA) is 105 Å². The van der Waals surface area contributed by atoms with E-state index >= 15 is 0 Å². The van der Waals surface area contributed by atoms with Crippen LogP contribution in [0.1, 0.15) is 5.82 Å². The van der Waals surface area contributed by atoms with Crippen molar-refractivity contribution in [1.82, 2.24) is 33.9 Å². The Morgan fingerprint density at radius 3 is 2.67 bits per heavy atom. The van der Waals surface area contributed by atoms with Crippen LogP contribution in [0.25, 0.3) is 27.8 Å². The zero-order valence-electron chi connectivity index (χ0n) is 18.5. The highest BCUT2D eigenvalue weighted by Gasteiger charge is 2.15. The maximum Gasteiger partial charge on any atom is 0.256 e. The average molecular weight is 445 g/mol. The number of nitrogens with zero attached hydrogens (tertiary/aromatic N) is 7.